The molecule has 0 heterocycles. The summed E-state index contributed by atoms with van der Waals surface area (Å²) in [6.45, 7) is 1.33. The summed E-state index contributed by atoms with van der Waals surface area (Å²) in [4.78, 5) is 41.1. The van der Waals surface area contributed by atoms with Crippen molar-refractivity contribution >= 4 is 17.7 Å². The van der Waals surface area contributed by atoms with Gasteiger partial charge in [-0.05, 0) is 68.3 Å². The molecule has 4 rings (SSSR count). The van der Waals surface area contributed by atoms with Crippen LogP contribution in [0.15, 0.2) is 30.3 Å². The van der Waals surface area contributed by atoms with Gasteiger partial charge in [-0.15, -0.1) is 0 Å². The second kappa shape index (κ2) is 13.0. The van der Waals surface area contributed by atoms with Crippen LogP contribution in [0.5, 0.6) is 0 Å². The van der Waals surface area contributed by atoms with E-state index < -0.39 is 18.0 Å². The molecule has 1 aromatic rings. The van der Waals surface area contributed by atoms with Crippen LogP contribution >= 0.6 is 0 Å². The Balaban J connectivity index is 1.42. The SMILES string of the molecule is NCCN(CCN)C(=O)C[C@H](N)C(=O)N[C@@H](CCc1ccccc1)C(=O)NC12CCCC3CC(CC3C1)C2. The molecule has 8 N–H and O–H groups in total. The van der Waals surface area contributed by atoms with Crippen LogP contribution in [0.1, 0.15) is 63.4 Å². The van der Waals surface area contributed by atoms with Gasteiger partial charge in [0.15, 0.2) is 0 Å². The molecule has 0 saturated heterocycles. The summed E-state index contributed by atoms with van der Waals surface area (Å²) in [6, 6.07) is 8.16. The maximum atomic E-state index is 13.7. The van der Waals surface area contributed by atoms with Crippen LogP contribution in [0.25, 0.3) is 0 Å². The zero-order valence-electron chi connectivity index (χ0n) is 22.6. The molecule has 4 unspecified atom stereocenters. The highest BCUT2D eigenvalue weighted by atomic mass is 16.2. The van der Waals surface area contributed by atoms with E-state index in [2.05, 4.69) is 10.6 Å². The Hall–Kier alpha value is -2.49. The van der Waals surface area contributed by atoms with Gasteiger partial charge in [-0.1, -0.05) is 43.2 Å². The van der Waals surface area contributed by atoms with Crippen molar-refractivity contribution in [2.75, 3.05) is 26.2 Å². The standard InChI is InChI=1S/C29H46N6O3/c30-11-13-35(14-12-31)26(36)17-24(32)27(37)33-25(9-8-20-5-2-1-3-6-20)28(38)34-29-10-4-7-22-15-21(18-29)16-23(22)19-29/h1-3,5-6,21-25H,4,7-19,30-32H2,(H,33,37)(H,34,38)/t21?,22?,23?,24-,25-,29?/m0/s1. The fourth-order valence-corrected chi connectivity index (χ4v) is 7.25. The number of nitrogens with two attached hydrogens (primary N) is 3. The van der Waals surface area contributed by atoms with E-state index >= 15 is 0 Å². The highest BCUT2D eigenvalue weighted by Gasteiger charge is 2.50. The van der Waals surface area contributed by atoms with Gasteiger partial charge in [0, 0.05) is 31.7 Å². The van der Waals surface area contributed by atoms with Crippen LogP contribution in [-0.4, -0.2) is 66.4 Å². The van der Waals surface area contributed by atoms with Gasteiger partial charge in [-0.3, -0.25) is 14.4 Å². The second-order valence-corrected chi connectivity index (χ2v) is 11.8. The average Bonchev–Trinajstić information content (AvgIpc) is 3.12. The number of amides is 3. The van der Waals surface area contributed by atoms with Gasteiger partial charge in [0.05, 0.1) is 12.5 Å². The maximum Gasteiger partial charge on any atom is 0.243 e. The van der Waals surface area contributed by atoms with Crippen molar-refractivity contribution in [2.24, 2.45) is 35.0 Å². The van der Waals surface area contributed by atoms with Crippen molar-refractivity contribution in [3.63, 3.8) is 0 Å². The minimum absolute atomic E-state index is 0.138. The second-order valence-electron chi connectivity index (χ2n) is 11.8. The molecule has 3 bridgehead atoms. The van der Waals surface area contributed by atoms with E-state index in [4.69, 9.17) is 17.2 Å². The van der Waals surface area contributed by atoms with Crippen LogP contribution in [0, 0.1) is 17.8 Å². The zero-order chi connectivity index (χ0) is 27.1. The molecule has 3 saturated carbocycles. The predicted molar refractivity (Wildman–Crippen MR) is 148 cm³/mol. The summed E-state index contributed by atoms with van der Waals surface area (Å²) >= 11 is 0. The fourth-order valence-electron chi connectivity index (χ4n) is 7.25. The Kier molecular flexibility index (Phi) is 9.79. The fraction of sp³-hybridized carbons (Fsp3) is 0.690. The Labute approximate surface area is 226 Å². The third kappa shape index (κ3) is 7.12. The molecule has 0 spiro atoms. The van der Waals surface area contributed by atoms with Crippen molar-refractivity contribution in [3.8, 4) is 0 Å². The van der Waals surface area contributed by atoms with E-state index in [1.165, 1.54) is 24.2 Å². The molecular weight excluding hydrogens is 480 g/mol. The van der Waals surface area contributed by atoms with Gasteiger partial charge in [-0.2, -0.15) is 0 Å². The Bertz CT molecular complexity index is 953. The number of nitrogens with one attached hydrogen (secondary N) is 2. The van der Waals surface area contributed by atoms with Crippen molar-refractivity contribution in [3.05, 3.63) is 35.9 Å². The molecule has 3 fully saturated rings. The molecule has 0 aliphatic heterocycles. The van der Waals surface area contributed by atoms with E-state index in [-0.39, 0.29) is 23.8 Å². The number of fused-ring (bicyclic) bond motifs is 2. The first-order valence-electron chi connectivity index (χ1n) is 14.4. The number of rotatable bonds is 13. The Morgan fingerprint density at radius 1 is 1.00 bits per heavy atom. The van der Waals surface area contributed by atoms with Crippen LogP contribution in [0.4, 0.5) is 0 Å². The average molecular weight is 527 g/mol. The molecule has 9 nitrogen and oxygen atoms in total. The largest absolute Gasteiger partial charge is 0.349 e. The Morgan fingerprint density at radius 3 is 2.42 bits per heavy atom. The molecule has 9 heteroatoms. The number of hydrogen-bond acceptors (Lipinski definition) is 6. The molecule has 38 heavy (non-hydrogen) atoms. The number of aryl methyl sites for hydroxylation is 1. The molecule has 0 aromatic heterocycles. The number of nitrogens with zero attached hydrogens (tertiary/aromatic N) is 1. The maximum absolute atomic E-state index is 13.7. The first kappa shape index (κ1) is 28.5. The summed E-state index contributed by atoms with van der Waals surface area (Å²) in [7, 11) is 0. The molecule has 3 aliphatic rings. The molecule has 3 amide bonds. The molecular formula is C29H46N6O3. The number of carbonyl (C=O) groups excluding carboxylic acids is 3. The quantitative estimate of drug-likeness (QED) is 0.259. The van der Waals surface area contributed by atoms with E-state index in [1.807, 2.05) is 30.3 Å². The van der Waals surface area contributed by atoms with Crippen molar-refractivity contribution < 1.29 is 14.4 Å². The lowest BCUT2D eigenvalue weighted by atomic mass is 9.73. The summed E-state index contributed by atoms with van der Waals surface area (Å²) in [5.41, 5.74) is 18.3. The van der Waals surface area contributed by atoms with Crippen molar-refractivity contribution in [2.45, 2.75) is 81.8 Å². The van der Waals surface area contributed by atoms with Gasteiger partial charge in [0.25, 0.3) is 0 Å². The minimum atomic E-state index is -1.06. The smallest absolute Gasteiger partial charge is 0.243 e. The number of carbonyl (C=O) groups is 3. The molecule has 210 valence electrons. The summed E-state index contributed by atoms with van der Waals surface area (Å²) < 4.78 is 0. The lowest BCUT2D eigenvalue weighted by molar-refractivity contribution is -0.135. The van der Waals surface area contributed by atoms with Crippen LogP contribution in [0.2, 0.25) is 0 Å². The first-order valence-corrected chi connectivity index (χ1v) is 14.4. The van der Waals surface area contributed by atoms with Gasteiger partial charge < -0.3 is 32.7 Å². The molecule has 3 aliphatic carbocycles. The third-order valence-electron chi connectivity index (χ3n) is 8.97. The van der Waals surface area contributed by atoms with E-state index in [9.17, 15) is 14.4 Å². The lowest BCUT2D eigenvalue weighted by Crippen LogP contribution is -2.59. The monoisotopic (exact) mass is 526 g/mol. The first-order chi connectivity index (χ1) is 18.3. The van der Waals surface area contributed by atoms with Crippen molar-refractivity contribution in [1.82, 2.24) is 15.5 Å². The van der Waals surface area contributed by atoms with Crippen LogP contribution < -0.4 is 27.8 Å². The van der Waals surface area contributed by atoms with Gasteiger partial charge in [-0.25, -0.2) is 0 Å². The predicted octanol–water partition coefficient (Wildman–Crippen LogP) is 1.04. The minimum Gasteiger partial charge on any atom is -0.349 e. The highest BCUT2D eigenvalue weighted by Crippen LogP contribution is 2.55. The molecule has 6 atom stereocenters. The van der Waals surface area contributed by atoms with Gasteiger partial charge in [0.1, 0.15) is 6.04 Å². The molecule has 0 radical (unpaired) electrons. The van der Waals surface area contributed by atoms with E-state index in [0.29, 0.717) is 50.9 Å². The third-order valence-corrected chi connectivity index (χ3v) is 8.97. The van der Waals surface area contributed by atoms with E-state index in [1.54, 1.807) is 0 Å². The van der Waals surface area contributed by atoms with Crippen LogP contribution in [-0.2, 0) is 20.8 Å². The lowest BCUT2D eigenvalue weighted by Gasteiger charge is -2.42. The zero-order valence-corrected chi connectivity index (χ0v) is 22.6. The highest BCUT2D eigenvalue weighted by molar-refractivity contribution is 5.92. The number of hydrogen-bond donors (Lipinski definition) is 5. The summed E-state index contributed by atoms with van der Waals surface area (Å²) in [5, 5.41) is 6.33. The summed E-state index contributed by atoms with van der Waals surface area (Å²) in [6.07, 6.45) is 9.04. The summed E-state index contributed by atoms with van der Waals surface area (Å²) in [5.74, 6) is 1.32. The Morgan fingerprint density at radius 2 is 1.71 bits per heavy atom. The van der Waals surface area contributed by atoms with Crippen molar-refractivity contribution in [1.29, 1.82) is 0 Å². The number of benzene rings is 1. The van der Waals surface area contributed by atoms with Crippen LogP contribution in [0.3, 0.4) is 0 Å². The normalized spacial score (nSPS) is 27.3. The molecule has 1 aromatic carbocycles. The van der Waals surface area contributed by atoms with Gasteiger partial charge >= 0.3 is 0 Å². The topological polar surface area (TPSA) is 157 Å². The van der Waals surface area contributed by atoms with Gasteiger partial charge in [0.2, 0.25) is 17.7 Å². The van der Waals surface area contributed by atoms with E-state index in [0.717, 1.165) is 37.2 Å².